The normalized spacial score (nSPS) is 11.7. The number of aromatic nitrogens is 2. The van der Waals surface area contributed by atoms with Gasteiger partial charge in [-0.3, -0.25) is 4.79 Å². The first-order valence-electron chi connectivity index (χ1n) is 9.00. The van der Waals surface area contributed by atoms with Crippen LogP contribution in [0.3, 0.4) is 0 Å². The molecular formula is C20H19ClF2N4O3S. The minimum Gasteiger partial charge on any atom is -0.307 e. The number of sulfonamides is 1. The van der Waals surface area contributed by atoms with Gasteiger partial charge >= 0.3 is 0 Å². The van der Waals surface area contributed by atoms with Crippen LogP contribution in [-0.4, -0.2) is 42.5 Å². The highest BCUT2D eigenvalue weighted by atomic mass is 35.5. The van der Waals surface area contributed by atoms with Crippen molar-refractivity contribution in [3.63, 3.8) is 0 Å². The average molecular weight is 469 g/mol. The van der Waals surface area contributed by atoms with E-state index in [2.05, 4.69) is 10.4 Å². The monoisotopic (exact) mass is 468 g/mol. The summed E-state index contributed by atoms with van der Waals surface area (Å²) in [7, 11) is -1.16. The lowest BCUT2D eigenvalue weighted by molar-refractivity contribution is 0.102. The van der Waals surface area contributed by atoms with E-state index >= 15 is 0 Å². The highest BCUT2D eigenvalue weighted by molar-refractivity contribution is 7.89. The van der Waals surface area contributed by atoms with Crippen molar-refractivity contribution < 1.29 is 22.0 Å². The van der Waals surface area contributed by atoms with E-state index in [-0.39, 0.29) is 33.4 Å². The number of hydrogen-bond donors (Lipinski definition) is 1. The van der Waals surface area contributed by atoms with Crippen LogP contribution in [0.4, 0.5) is 14.6 Å². The predicted molar refractivity (Wildman–Crippen MR) is 113 cm³/mol. The van der Waals surface area contributed by atoms with E-state index in [1.54, 1.807) is 6.92 Å². The third-order valence-electron chi connectivity index (χ3n) is 4.53. The second-order valence-corrected chi connectivity index (χ2v) is 9.48. The molecule has 0 aliphatic rings. The van der Waals surface area contributed by atoms with Crippen LogP contribution in [0.5, 0.6) is 0 Å². The molecule has 11 heteroatoms. The summed E-state index contributed by atoms with van der Waals surface area (Å²) in [5.41, 5.74) is 0.693. The van der Waals surface area contributed by atoms with Gasteiger partial charge in [0.25, 0.3) is 5.91 Å². The van der Waals surface area contributed by atoms with Crippen LogP contribution in [0.2, 0.25) is 5.02 Å². The summed E-state index contributed by atoms with van der Waals surface area (Å²) in [6, 6.07) is 6.95. The van der Waals surface area contributed by atoms with Crippen molar-refractivity contribution in [3.8, 4) is 0 Å². The SMILES string of the molecule is Cc1cnn(Cc2cc(F)ccc2F)c1NC(=O)c1ccc(Cl)c(S(=O)(=O)N(C)C)c1. The zero-order valence-electron chi connectivity index (χ0n) is 16.9. The van der Waals surface area contributed by atoms with Gasteiger partial charge < -0.3 is 5.32 Å². The number of anilines is 1. The third kappa shape index (κ3) is 4.76. The fourth-order valence-electron chi connectivity index (χ4n) is 2.81. The summed E-state index contributed by atoms with van der Waals surface area (Å²) >= 11 is 6.02. The van der Waals surface area contributed by atoms with Crippen LogP contribution in [0, 0.1) is 18.6 Å². The Bertz CT molecular complexity index is 1260. The molecule has 0 fully saturated rings. The summed E-state index contributed by atoms with van der Waals surface area (Å²) in [5, 5.41) is 6.74. The maximum absolute atomic E-state index is 14.0. The Balaban J connectivity index is 1.92. The van der Waals surface area contributed by atoms with Gasteiger partial charge in [-0.25, -0.2) is 26.2 Å². The number of nitrogens with zero attached hydrogens (tertiary/aromatic N) is 3. The number of rotatable bonds is 6. The van der Waals surface area contributed by atoms with Crippen molar-refractivity contribution in [3.05, 3.63) is 75.9 Å². The first-order valence-corrected chi connectivity index (χ1v) is 10.8. The molecule has 2 aromatic carbocycles. The maximum Gasteiger partial charge on any atom is 0.256 e. The topological polar surface area (TPSA) is 84.3 Å². The van der Waals surface area contributed by atoms with Gasteiger partial charge in [0.2, 0.25) is 10.0 Å². The smallest absolute Gasteiger partial charge is 0.256 e. The molecule has 0 aliphatic carbocycles. The molecule has 0 unspecified atom stereocenters. The van der Waals surface area contributed by atoms with Gasteiger partial charge in [0.05, 0.1) is 17.8 Å². The highest BCUT2D eigenvalue weighted by Gasteiger charge is 2.23. The van der Waals surface area contributed by atoms with E-state index < -0.39 is 27.6 Å². The van der Waals surface area contributed by atoms with E-state index in [0.717, 1.165) is 22.5 Å². The lowest BCUT2D eigenvalue weighted by Gasteiger charge is -2.14. The molecule has 1 amide bonds. The number of hydrogen-bond acceptors (Lipinski definition) is 4. The van der Waals surface area contributed by atoms with Crippen LogP contribution in [-0.2, 0) is 16.6 Å². The van der Waals surface area contributed by atoms with Crippen LogP contribution in [0.25, 0.3) is 0 Å². The molecule has 0 atom stereocenters. The first kappa shape index (κ1) is 22.9. The Kier molecular flexibility index (Phi) is 6.44. The van der Waals surface area contributed by atoms with Crippen LogP contribution < -0.4 is 5.32 Å². The second kappa shape index (κ2) is 8.74. The quantitative estimate of drug-likeness (QED) is 0.598. The van der Waals surface area contributed by atoms with E-state index in [4.69, 9.17) is 11.6 Å². The van der Waals surface area contributed by atoms with Crippen molar-refractivity contribution in [1.29, 1.82) is 0 Å². The van der Waals surface area contributed by atoms with Gasteiger partial charge in [0, 0.05) is 30.8 Å². The van der Waals surface area contributed by atoms with E-state index in [1.807, 2.05) is 0 Å². The van der Waals surface area contributed by atoms with E-state index in [9.17, 15) is 22.0 Å². The molecule has 31 heavy (non-hydrogen) atoms. The number of benzene rings is 2. The summed E-state index contributed by atoms with van der Waals surface area (Å²) < 4.78 is 54.7. The molecule has 0 spiro atoms. The fourth-order valence-corrected chi connectivity index (χ4v) is 4.20. The van der Waals surface area contributed by atoms with Crippen LogP contribution in [0.1, 0.15) is 21.5 Å². The standard InChI is InChI=1S/C20H19ClF2N4O3S/c1-12-10-24-27(11-14-8-15(22)5-7-17(14)23)19(12)25-20(28)13-4-6-16(21)18(9-13)31(29,30)26(2)3/h4-10H,11H2,1-3H3,(H,25,28). The molecule has 1 N–H and O–H groups in total. The van der Waals surface area contributed by atoms with Crippen molar-refractivity contribution in [2.75, 3.05) is 19.4 Å². The van der Waals surface area contributed by atoms with Crippen molar-refractivity contribution >= 4 is 33.3 Å². The Morgan fingerprint density at radius 2 is 1.90 bits per heavy atom. The number of amides is 1. The fraction of sp³-hybridized carbons (Fsp3) is 0.200. The van der Waals surface area contributed by atoms with Crippen molar-refractivity contribution in [2.24, 2.45) is 0 Å². The number of halogens is 3. The van der Waals surface area contributed by atoms with Gasteiger partial charge in [-0.2, -0.15) is 5.10 Å². The summed E-state index contributed by atoms with van der Waals surface area (Å²) in [6.07, 6.45) is 1.47. The molecule has 0 saturated heterocycles. The van der Waals surface area contributed by atoms with Crippen LogP contribution in [0.15, 0.2) is 47.5 Å². The Morgan fingerprint density at radius 3 is 2.58 bits per heavy atom. The van der Waals surface area contributed by atoms with E-state index in [1.165, 1.54) is 43.2 Å². The molecular weight excluding hydrogens is 450 g/mol. The van der Waals surface area contributed by atoms with Crippen molar-refractivity contribution in [1.82, 2.24) is 14.1 Å². The summed E-state index contributed by atoms with van der Waals surface area (Å²) in [6.45, 7) is 1.57. The third-order valence-corrected chi connectivity index (χ3v) is 6.83. The zero-order chi connectivity index (χ0) is 22.9. The lowest BCUT2D eigenvalue weighted by atomic mass is 10.2. The number of aryl methyl sites for hydroxylation is 1. The maximum atomic E-state index is 14.0. The van der Waals surface area contributed by atoms with Crippen LogP contribution >= 0.6 is 11.6 Å². The largest absolute Gasteiger partial charge is 0.307 e. The molecule has 0 bridgehead atoms. The van der Waals surface area contributed by atoms with Gasteiger partial charge in [0.15, 0.2) is 0 Å². The molecule has 7 nitrogen and oxygen atoms in total. The number of carbonyl (C=O) groups is 1. The molecule has 0 saturated carbocycles. The van der Waals surface area contributed by atoms with Gasteiger partial charge in [-0.15, -0.1) is 0 Å². The number of carbonyl (C=O) groups excluding carboxylic acids is 1. The Hall–Kier alpha value is -2.82. The highest BCUT2D eigenvalue weighted by Crippen LogP contribution is 2.26. The minimum absolute atomic E-state index is 0.0203. The molecule has 164 valence electrons. The van der Waals surface area contributed by atoms with Gasteiger partial charge in [-0.05, 0) is 43.3 Å². The molecule has 1 aromatic heterocycles. The van der Waals surface area contributed by atoms with Crippen molar-refractivity contribution in [2.45, 2.75) is 18.4 Å². The zero-order valence-corrected chi connectivity index (χ0v) is 18.4. The lowest BCUT2D eigenvalue weighted by Crippen LogP contribution is -2.23. The summed E-state index contributed by atoms with van der Waals surface area (Å²) in [5.74, 6) is -1.55. The molecule has 1 heterocycles. The molecule has 3 rings (SSSR count). The second-order valence-electron chi connectivity index (χ2n) is 6.96. The first-order chi connectivity index (χ1) is 14.5. The van der Waals surface area contributed by atoms with Gasteiger partial charge in [0.1, 0.15) is 22.3 Å². The Labute approximate surface area is 183 Å². The minimum atomic E-state index is -3.86. The predicted octanol–water partition coefficient (Wildman–Crippen LogP) is 3.67. The van der Waals surface area contributed by atoms with Gasteiger partial charge in [-0.1, -0.05) is 11.6 Å². The molecule has 0 aliphatic heterocycles. The van der Waals surface area contributed by atoms with E-state index in [0.29, 0.717) is 5.56 Å². The number of nitrogens with one attached hydrogen (secondary N) is 1. The average Bonchev–Trinajstić information content (AvgIpc) is 3.04. The molecule has 3 aromatic rings. The molecule has 0 radical (unpaired) electrons. The Morgan fingerprint density at radius 1 is 1.19 bits per heavy atom. The summed E-state index contributed by atoms with van der Waals surface area (Å²) in [4.78, 5) is 12.6.